The second-order valence-electron chi connectivity index (χ2n) is 7.77. The molecule has 2 rings (SSSR count). The van der Waals surface area contributed by atoms with E-state index in [-0.39, 0.29) is 12.5 Å². The van der Waals surface area contributed by atoms with E-state index in [0.717, 1.165) is 17.5 Å². The molecule has 4 N–H and O–H groups in total. The minimum absolute atomic E-state index is 0.0997. The van der Waals surface area contributed by atoms with Gasteiger partial charge in [-0.05, 0) is 36.3 Å². The van der Waals surface area contributed by atoms with E-state index in [1.54, 1.807) is 13.8 Å². The summed E-state index contributed by atoms with van der Waals surface area (Å²) in [6.07, 6.45) is 1.19. The van der Waals surface area contributed by atoms with Gasteiger partial charge in [-0.1, -0.05) is 74.5 Å². The number of nitrogens with two attached hydrogens (primary N) is 1. The zero-order valence-corrected chi connectivity index (χ0v) is 18.0. The molecule has 2 aromatic carbocycles. The summed E-state index contributed by atoms with van der Waals surface area (Å²) in [6, 6.07) is 17.5. The number of primary amides is 1. The highest BCUT2D eigenvalue weighted by Crippen LogP contribution is 2.09. The van der Waals surface area contributed by atoms with Gasteiger partial charge in [-0.25, -0.2) is 4.79 Å². The molecule has 0 aliphatic heterocycles. The molecular formula is C24H31N3O4. The number of aryl methyl sites for hydroxylation is 1. The van der Waals surface area contributed by atoms with Gasteiger partial charge in [0.2, 0.25) is 11.8 Å². The van der Waals surface area contributed by atoms with Crippen LogP contribution in [0.3, 0.4) is 0 Å². The molecule has 2 atom stereocenters. The molecule has 7 heteroatoms. The van der Waals surface area contributed by atoms with Gasteiger partial charge in [0.15, 0.2) is 0 Å². The zero-order valence-electron chi connectivity index (χ0n) is 18.0. The van der Waals surface area contributed by atoms with Gasteiger partial charge in [0.1, 0.15) is 18.7 Å². The van der Waals surface area contributed by atoms with Crippen LogP contribution in [0.5, 0.6) is 0 Å². The van der Waals surface area contributed by atoms with Crippen molar-refractivity contribution in [3.8, 4) is 0 Å². The van der Waals surface area contributed by atoms with E-state index in [2.05, 4.69) is 10.6 Å². The van der Waals surface area contributed by atoms with Crippen molar-refractivity contribution in [2.24, 2.45) is 11.7 Å². The van der Waals surface area contributed by atoms with Gasteiger partial charge in [0.05, 0.1) is 0 Å². The molecule has 0 spiro atoms. The van der Waals surface area contributed by atoms with Gasteiger partial charge in [-0.3, -0.25) is 9.59 Å². The Labute approximate surface area is 183 Å². The molecule has 7 nitrogen and oxygen atoms in total. The predicted octanol–water partition coefficient (Wildman–Crippen LogP) is 2.93. The number of alkyl carbamates (subject to hydrolysis) is 1. The Morgan fingerprint density at radius 1 is 0.903 bits per heavy atom. The standard InChI is InChI=1S/C24H31N3O4/c1-17(2)21(27-24(30)31-16-19-12-7-4-8-13-19)23(29)26-20(22(25)28)15-9-14-18-10-5-3-6-11-18/h3-8,10-13,17,20-21H,9,14-16H2,1-2H3,(H2,25,28)(H,26,29)(H,27,30)/t20-,21-/m0/s1. The summed E-state index contributed by atoms with van der Waals surface area (Å²) in [5.74, 6) is -1.27. The molecule has 3 amide bonds. The Morgan fingerprint density at radius 3 is 2.03 bits per heavy atom. The van der Waals surface area contributed by atoms with Gasteiger partial charge >= 0.3 is 6.09 Å². The van der Waals surface area contributed by atoms with E-state index in [1.807, 2.05) is 60.7 Å². The summed E-state index contributed by atoms with van der Waals surface area (Å²) >= 11 is 0. The minimum Gasteiger partial charge on any atom is -0.445 e. The summed E-state index contributed by atoms with van der Waals surface area (Å²) in [6.45, 7) is 3.70. The van der Waals surface area contributed by atoms with Crippen LogP contribution >= 0.6 is 0 Å². The number of benzene rings is 2. The highest BCUT2D eigenvalue weighted by Gasteiger charge is 2.28. The van der Waals surface area contributed by atoms with Gasteiger partial charge < -0.3 is 21.1 Å². The highest BCUT2D eigenvalue weighted by atomic mass is 16.5. The molecule has 0 saturated carbocycles. The quantitative estimate of drug-likeness (QED) is 0.514. The lowest BCUT2D eigenvalue weighted by atomic mass is 10.0. The average molecular weight is 426 g/mol. The van der Waals surface area contributed by atoms with Crippen LogP contribution < -0.4 is 16.4 Å². The largest absolute Gasteiger partial charge is 0.445 e. The van der Waals surface area contributed by atoms with Gasteiger partial charge in [-0.2, -0.15) is 0 Å². The first-order valence-electron chi connectivity index (χ1n) is 10.5. The lowest BCUT2D eigenvalue weighted by Crippen LogP contribution is -2.54. The summed E-state index contributed by atoms with van der Waals surface area (Å²) in [5.41, 5.74) is 7.48. The summed E-state index contributed by atoms with van der Waals surface area (Å²) in [5, 5.41) is 5.27. The molecule has 0 fully saturated rings. The number of carbonyl (C=O) groups is 3. The monoisotopic (exact) mass is 425 g/mol. The minimum atomic E-state index is -0.848. The average Bonchev–Trinajstić information content (AvgIpc) is 2.76. The number of hydrogen-bond acceptors (Lipinski definition) is 4. The SMILES string of the molecule is CC(C)[C@H](NC(=O)OCc1ccccc1)C(=O)N[C@@H](CCCc1ccccc1)C(N)=O. The lowest BCUT2D eigenvalue weighted by Gasteiger charge is -2.24. The molecule has 2 aromatic rings. The maximum Gasteiger partial charge on any atom is 0.408 e. The zero-order chi connectivity index (χ0) is 22.6. The van der Waals surface area contributed by atoms with Crippen LogP contribution in [0.4, 0.5) is 4.79 Å². The topological polar surface area (TPSA) is 111 Å². The van der Waals surface area contributed by atoms with E-state index < -0.39 is 30.0 Å². The first kappa shape index (κ1) is 23.9. The first-order chi connectivity index (χ1) is 14.9. The third-order valence-electron chi connectivity index (χ3n) is 4.90. The first-order valence-corrected chi connectivity index (χ1v) is 10.5. The third-order valence-corrected chi connectivity index (χ3v) is 4.90. The van der Waals surface area contributed by atoms with Crippen molar-refractivity contribution < 1.29 is 19.1 Å². The molecule has 166 valence electrons. The lowest BCUT2D eigenvalue weighted by molar-refractivity contribution is -0.129. The fourth-order valence-corrected chi connectivity index (χ4v) is 3.13. The van der Waals surface area contributed by atoms with Crippen LogP contribution in [0, 0.1) is 5.92 Å². The maximum atomic E-state index is 12.8. The van der Waals surface area contributed by atoms with Crippen molar-refractivity contribution >= 4 is 17.9 Å². The van der Waals surface area contributed by atoms with Crippen LogP contribution in [0.15, 0.2) is 60.7 Å². The van der Waals surface area contributed by atoms with E-state index in [4.69, 9.17) is 10.5 Å². The van der Waals surface area contributed by atoms with Crippen LogP contribution in [0.2, 0.25) is 0 Å². The Balaban J connectivity index is 1.87. The van der Waals surface area contributed by atoms with Crippen molar-refractivity contribution in [1.29, 1.82) is 0 Å². The van der Waals surface area contributed by atoms with Crippen molar-refractivity contribution in [2.45, 2.75) is 51.8 Å². The molecule has 0 bridgehead atoms. The van der Waals surface area contributed by atoms with Crippen molar-refractivity contribution in [2.75, 3.05) is 0 Å². The summed E-state index contributed by atoms with van der Waals surface area (Å²) in [4.78, 5) is 36.8. The number of ether oxygens (including phenoxy) is 1. The van der Waals surface area contributed by atoms with Crippen molar-refractivity contribution in [3.63, 3.8) is 0 Å². The Bertz CT molecular complexity index is 840. The number of amides is 3. The number of carbonyl (C=O) groups excluding carboxylic acids is 3. The second kappa shape index (κ2) is 12.4. The Hall–Kier alpha value is -3.35. The number of hydrogen-bond donors (Lipinski definition) is 3. The van der Waals surface area contributed by atoms with E-state index in [1.165, 1.54) is 0 Å². The number of rotatable bonds is 11. The molecule has 0 radical (unpaired) electrons. The van der Waals surface area contributed by atoms with Crippen molar-refractivity contribution in [3.05, 3.63) is 71.8 Å². The Morgan fingerprint density at radius 2 is 1.48 bits per heavy atom. The molecule has 0 aromatic heterocycles. The smallest absolute Gasteiger partial charge is 0.408 e. The maximum absolute atomic E-state index is 12.8. The molecule has 0 aliphatic carbocycles. The fraction of sp³-hybridized carbons (Fsp3) is 0.375. The normalized spacial score (nSPS) is 12.6. The van der Waals surface area contributed by atoms with Gasteiger partial charge in [0, 0.05) is 0 Å². The van der Waals surface area contributed by atoms with E-state index >= 15 is 0 Å². The predicted molar refractivity (Wildman–Crippen MR) is 119 cm³/mol. The van der Waals surface area contributed by atoms with Crippen LogP contribution in [-0.2, 0) is 27.4 Å². The fourth-order valence-electron chi connectivity index (χ4n) is 3.13. The Kier molecular flexibility index (Phi) is 9.55. The second-order valence-corrected chi connectivity index (χ2v) is 7.77. The third kappa shape index (κ3) is 8.50. The van der Waals surface area contributed by atoms with Crippen LogP contribution in [0.1, 0.15) is 37.8 Å². The van der Waals surface area contributed by atoms with Gasteiger partial charge in [0.25, 0.3) is 0 Å². The van der Waals surface area contributed by atoms with Crippen LogP contribution in [0.25, 0.3) is 0 Å². The molecule has 0 aliphatic rings. The van der Waals surface area contributed by atoms with E-state index in [0.29, 0.717) is 12.8 Å². The summed E-state index contributed by atoms with van der Waals surface area (Å²) < 4.78 is 5.20. The van der Waals surface area contributed by atoms with Gasteiger partial charge in [-0.15, -0.1) is 0 Å². The van der Waals surface area contributed by atoms with Crippen LogP contribution in [-0.4, -0.2) is 30.0 Å². The molecular weight excluding hydrogens is 394 g/mol. The highest BCUT2D eigenvalue weighted by molar-refractivity contribution is 5.90. The molecule has 0 saturated heterocycles. The van der Waals surface area contributed by atoms with Crippen molar-refractivity contribution in [1.82, 2.24) is 10.6 Å². The van der Waals surface area contributed by atoms with E-state index in [9.17, 15) is 14.4 Å². The number of nitrogens with one attached hydrogen (secondary N) is 2. The molecule has 31 heavy (non-hydrogen) atoms. The summed E-state index contributed by atoms with van der Waals surface area (Å²) in [7, 11) is 0. The molecule has 0 unspecified atom stereocenters. The molecule has 0 heterocycles.